The summed E-state index contributed by atoms with van der Waals surface area (Å²) in [6.07, 6.45) is 0. The summed E-state index contributed by atoms with van der Waals surface area (Å²) in [6, 6.07) is 12.4. The standard InChI is InChI=1S/C14H13ClO3/c15-8-11-6-12(16)13(17)7-14(11)18-9-10-4-2-1-3-5-10/h1-7,16-17H,8-9H2. The van der Waals surface area contributed by atoms with Gasteiger partial charge in [0.2, 0.25) is 0 Å². The normalized spacial score (nSPS) is 10.3. The molecule has 4 heteroatoms. The number of phenolic OH excluding ortho intramolecular Hbond substituents is 2. The first-order chi connectivity index (χ1) is 8.70. The highest BCUT2D eigenvalue weighted by Crippen LogP contribution is 2.34. The maximum Gasteiger partial charge on any atom is 0.161 e. The Kier molecular flexibility index (Phi) is 3.95. The Morgan fingerprint density at radius 2 is 1.67 bits per heavy atom. The van der Waals surface area contributed by atoms with Gasteiger partial charge < -0.3 is 14.9 Å². The largest absolute Gasteiger partial charge is 0.504 e. The molecule has 0 aliphatic heterocycles. The van der Waals surface area contributed by atoms with Crippen molar-refractivity contribution in [1.82, 2.24) is 0 Å². The molecule has 2 aromatic carbocycles. The molecule has 0 fully saturated rings. The third kappa shape index (κ3) is 2.87. The second-order valence-corrected chi connectivity index (χ2v) is 4.12. The molecular weight excluding hydrogens is 252 g/mol. The molecule has 2 aromatic rings. The van der Waals surface area contributed by atoms with E-state index < -0.39 is 0 Å². The summed E-state index contributed by atoms with van der Waals surface area (Å²) in [5.41, 5.74) is 1.66. The lowest BCUT2D eigenvalue weighted by molar-refractivity contribution is 0.300. The number of benzene rings is 2. The molecule has 0 radical (unpaired) electrons. The van der Waals surface area contributed by atoms with Crippen LogP contribution in [0.4, 0.5) is 0 Å². The zero-order valence-electron chi connectivity index (χ0n) is 9.64. The van der Waals surface area contributed by atoms with Gasteiger partial charge in [-0.1, -0.05) is 30.3 Å². The van der Waals surface area contributed by atoms with Gasteiger partial charge in [0.15, 0.2) is 11.5 Å². The van der Waals surface area contributed by atoms with Gasteiger partial charge in [-0.15, -0.1) is 11.6 Å². The number of hydrogen-bond donors (Lipinski definition) is 2. The van der Waals surface area contributed by atoms with Crippen molar-refractivity contribution in [2.75, 3.05) is 0 Å². The first-order valence-electron chi connectivity index (χ1n) is 5.48. The average molecular weight is 265 g/mol. The van der Waals surface area contributed by atoms with Crippen molar-refractivity contribution in [3.8, 4) is 17.2 Å². The topological polar surface area (TPSA) is 49.7 Å². The average Bonchev–Trinajstić information content (AvgIpc) is 2.41. The van der Waals surface area contributed by atoms with E-state index in [2.05, 4.69) is 0 Å². The maximum atomic E-state index is 9.44. The predicted octanol–water partition coefficient (Wildman–Crippen LogP) is 3.42. The highest BCUT2D eigenvalue weighted by molar-refractivity contribution is 6.17. The smallest absolute Gasteiger partial charge is 0.161 e. The molecule has 0 aliphatic carbocycles. The van der Waals surface area contributed by atoms with Gasteiger partial charge in [-0.3, -0.25) is 0 Å². The van der Waals surface area contributed by atoms with Gasteiger partial charge in [-0.25, -0.2) is 0 Å². The first-order valence-corrected chi connectivity index (χ1v) is 6.01. The molecule has 0 amide bonds. The van der Waals surface area contributed by atoms with Crippen LogP contribution < -0.4 is 4.74 Å². The van der Waals surface area contributed by atoms with Crippen molar-refractivity contribution < 1.29 is 14.9 Å². The van der Waals surface area contributed by atoms with Crippen LogP contribution in [0.25, 0.3) is 0 Å². The van der Waals surface area contributed by atoms with Crippen molar-refractivity contribution in [2.24, 2.45) is 0 Å². The van der Waals surface area contributed by atoms with Crippen LogP contribution in [-0.2, 0) is 12.5 Å². The molecule has 3 nitrogen and oxygen atoms in total. The highest BCUT2D eigenvalue weighted by Gasteiger charge is 2.09. The number of alkyl halides is 1. The summed E-state index contributed by atoms with van der Waals surface area (Å²) < 4.78 is 5.59. The molecule has 2 N–H and O–H groups in total. The van der Waals surface area contributed by atoms with Gasteiger partial charge in [0.1, 0.15) is 12.4 Å². The quantitative estimate of drug-likeness (QED) is 0.657. The number of rotatable bonds is 4. The van der Waals surface area contributed by atoms with E-state index in [9.17, 15) is 10.2 Å². The lowest BCUT2D eigenvalue weighted by atomic mass is 10.2. The van der Waals surface area contributed by atoms with Crippen LogP contribution in [0.1, 0.15) is 11.1 Å². The molecule has 2 rings (SSSR count). The van der Waals surface area contributed by atoms with Gasteiger partial charge in [-0.05, 0) is 11.6 Å². The van der Waals surface area contributed by atoms with Crippen LogP contribution in [0.15, 0.2) is 42.5 Å². The number of aromatic hydroxyl groups is 2. The molecule has 0 unspecified atom stereocenters. The lowest BCUT2D eigenvalue weighted by Gasteiger charge is -2.11. The zero-order valence-corrected chi connectivity index (χ0v) is 10.4. The molecule has 0 heterocycles. The maximum absolute atomic E-state index is 9.44. The van der Waals surface area contributed by atoms with Crippen LogP contribution in [-0.4, -0.2) is 10.2 Å². The van der Waals surface area contributed by atoms with E-state index in [4.69, 9.17) is 16.3 Å². The minimum atomic E-state index is -0.216. The van der Waals surface area contributed by atoms with E-state index in [1.165, 1.54) is 12.1 Å². The summed E-state index contributed by atoms with van der Waals surface area (Å²) in [6.45, 7) is 0.384. The second-order valence-electron chi connectivity index (χ2n) is 3.86. The fourth-order valence-corrected chi connectivity index (χ4v) is 1.78. The highest BCUT2D eigenvalue weighted by atomic mass is 35.5. The minimum absolute atomic E-state index is 0.197. The van der Waals surface area contributed by atoms with Gasteiger partial charge in [0, 0.05) is 11.6 Å². The van der Waals surface area contributed by atoms with E-state index in [1.54, 1.807) is 0 Å². The molecule has 0 spiro atoms. The van der Waals surface area contributed by atoms with Gasteiger partial charge in [0.25, 0.3) is 0 Å². The zero-order chi connectivity index (χ0) is 13.0. The van der Waals surface area contributed by atoms with Gasteiger partial charge in [-0.2, -0.15) is 0 Å². The predicted molar refractivity (Wildman–Crippen MR) is 70.1 cm³/mol. The van der Waals surface area contributed by atoms with Crippen molar-refractivity contribution in [1.29, 1.82) is 0 Å². The Morgan fingerprint density at radius 3 is 2.33 bits per heavy atom. The number of hydrogen-bond acceptors (Lipinski definition) is 3. The number of phenols is 2. The van der Waals surface area contributed by atoms with E-state index >= 15 is 0 Å². The summed E-state index contributed by atoms with van der Waals surface area (Å²) in [4.78, 5) is 0. The van der Waals surface area contributed by atoms with Crippen LogP contribution in [0, 0.1) is 0 Å². The van der Waals surface area contributed by atoms with E-state index in [-0.39, 0.29) is 17.4 Å². The molecule has 0 atom stereocenters. The van der Waals surface area contributed by atoms with Crippen LogP contribution in [0.2, 0.25) is 0 Å². The summed E-state index contributed by atoms with van der Waals surface area (Å²) in [5.74, 6) is 0.270. The Morgan fingerprint density at radius 1 is 1.00 bits per heavy atom. The Hall–Kier alpha value is -1.87. The van der Waals surface area contributed by atoms with Crippen LogP contribution >= 0.6 is 11.6 Å². The second kappa shape index (κ2) is 5.65. The van der Waals surface area contributed by atoms with Crippen LogP contribution in [0.3, 0.4) is 0 Å². The molecule has 0 aromatic heterocycles. The van der Waals surface area contributed by atoms with Gasteiger partial charge >= 0.3 is 0 Å². The SMILES string of the molecule is Oc1cc(CCl)c(OCc2ccccc2)cc1O. The van der Waals surface area contributed by atoms with Crippen LogP contribution in [0.5, 0.6) is 17.2 Å². The van der Waals surface area contributed by atoms with E-state index in [0.717, 1.165) is 5.56 Å². The van der Waals surface area contributed by atoms with Crippen molar-refractivity contribution in [2.45, 2.75) is 12.5 Å². The Labute approximate surface area is 110 Å². The first kappa shape index (κ1) is 12.6. The molecule has 18 heavy (non-hydrogen) atoms. The van der Waals surface area contributed by atoms with E-state index in [0.29, 0.717) is 17.9 Å². The van der Waals surface area contributed by atoms with Crippen molar-refractivity contribution in [3.63, 3.8) is 0 Å². The minimum Gasteiger partial charge on any atom is -0.504 e. The number of ether oxygens (including phenoxy) is 1. The molecule has 94 valence electrons. The third-order valence-electron chi connectivity index (χ3n) is 2.54. The summed E-state index contributed by atoms with van der Waals surface area (Å²) in [5, 5.41) is 18.8. The fraction of sp³-hybridized carbons (Fsp3) is 0.143. The molecular formula is C14H13ClO3. The van der Waals surface area contributed by atoms with Gasteiger partial charge in [0.05, 0.1) is 5.88 Å². The third-order valence-corrected chi connectivity index (χ3v) is 2.83. The molecule has 0 saturated carbocycles. The Balaban J connectivity index is 2.16. The van der Waals surface area contributed by atoms with Crippen molar-refractivity contribution in [3.05, 3.63) is 53.6 Å². The van der Waals surface area contributed by atoms with Crippen molar-refractivity contribution >= 4 is 11.6 Å². The van der Waals surface area contributed by atoms with E-state index in [1.807, 2.05) is 30.3 Å². The molecule has 0 saturated heterocycles. The molecule has 0 aliphatic rings. The fourth-order valence-electron chi connectivity index (χ4n) is 1.58. The summed E-state index contributed by atoms with van der Waals surface area (Å²) >= 11 is 5.77. The molecule has 0 bridgehead atoms. The Bertz CT molecular complexity index is 526. The lowest BCUT2D eigenvalue weighted by Crippen LogP contribution is -1.97. The summed E-state index contributed by atoms with van der Waals surface area (Å²) in [7, 11) is 0. The monoisotopic (exact) mass is 264 g/mol. The number of halogens is 1.